The molecule has 2 N–H and O–H groups in total. The van der Waals surface area contributed by atoms with Crippen molar-refractivity contribution in [1.82, 2.24) is 20.4 Å². The number of hydrogen-bond donors (Lipinski definition) is 2. The Morgan fingerprint density at radius 2 is 1.78 bits per heavy atom. The van der Waals surface area contributed by atoms with Crippen LogP contribution in [0.2, 0.25) is 0 Å². The van der Waals surface area contributed by atoms with Crippen LogP contribution in [0.25, 0.3) is 0 Å². The van der Waals surface area contributed by atoms with Gasteiger partial charge in [0, 0.05) is 44.8 Å². The van der Waals surface area contributed by atoms with Gasteiger partial charge < -0.3 is 10.2 Å². The Hall–Kier alpha value is -3.27. The molecular formula is C22H27N5O5. The number of rotatable bonds is 6. The molecule has 0 spiro atoms. The predicted molar refractivity (Wildman–Crippen MR) is 115 cm³/mol. The third-order valence-electron chi connectivity index (χ3n) is 6.10. The lowest BCUT2D eigenvalue weighted by molar-refractivity contribution is -0.136. The van der Waals surface area contributed by atoms with Gasteiger partial charge in [-0.15, -0.1) is 0 Å². The molecule has 10 nitrogen and oxygen atoms in total. The van der Waals surface area contributed by atoms with Crippen molar-refractivity contribution >= 4 is 35.2 Å². The van der Waals surface area contributed by atoms with E-state index in [-0.39, 0.29) is 29.9 Å². The quantitative estimate of drug-likeness (QED) is 0.584. The van der Waals surface area contributed by atoms with Crippen molar-refractivity contribution in [3.63, 3.8) is 0 Å². The van der Waals surface area contributed by atoms with Gasteiger partial charge in [0.2, 0.25) is 17.7 Å². The van der Waals surface area contributed by atoms with Crippen molar-refractivity contribution in [2.24, 2.45) is 0 Å². The van der Waals surface area contributed by atoms with Crippen molar-refractivity contribution in [1.29, 1.82) is 0 Å². The van der Waals surface area contributed by atoms with E-state index in [0.29, 0.717) is 39.3 Å². The topological polar surface area (TPSA) is 119 Å². The molecule has 1 unspecified atom stereocenters. The van der Waals surface area contributed by atoms with Gasteiger partial charge in [0.1, 0.15) is 6.04 Å². The third-order valence-corrected chi connectivity index (χ3v) is 6.10. The minimum atomic E-state index is -0.967. The van der Waals surface area contributed by atoms with Gasteiger partial charge in [-0.2, -0.15) is 0 Å². The van der Waals surface area contributed by atoms with E-state index in [1.165, 1.54) is 0 Å². The minimum Gasteiger partial charge on any atom is -0.369 e. The van der Waals surface area contributed by atoms with Gasteiger partial charge in [0.05, 0.1) is 17.7 Å². The number of piperazine rings is 1. The van der Waals surface area contributed by atoms with E-state index in [9.17, 15) is 24.0 Å². The van der Waals surface area contributed by atoms with Crippen molar-refractivity contribution in [2.45, 2.75) is 32.2 Å². The molecule has 0 saturated carbocycles. The first-order chi connectivity index (χ1) is 15.4. The highest BCUT2D eigenvalue weighted by molar-refractivity contribution is 6.23. The molecule has 3 heterocycles. The zero-order valence-electron chi connectivity index (χ0n) is 18.1. The third kappa shape index (κ3) is 4.22. The molecule has 0 aliphatic carbocycles. The molecule has 0 bridgehead atoms. The lowest BCUT2D eigenvalue weighted by atomic mass is 10.0. The molecule has 3 aliphatic rings. The number of fused-ring (bicyclic) bond motifs is 1. The Bertz CT molecular complexity index is 969. The highest BCUT2D eigenvalue weighted by atomic mass is 16.2. The Labute approximate surface area is 185 Å². The summed E-state index contributed by atoms with van der Waals surface area (Å²) >= 11 is 0. The van der Waals surface area contributed by atoms with Crippen LogP contribution in [0.4, 0.5) is 5.69 Å². The van der Waals surface area contributed by atoms with Gasteiger partial charge in [-0.05, 0) is 31.0 Å². The number of hydrogen-bond acceptors (Lipinski definition) is 7. The van der Waals surface area contributed by atoms with E-state index in [4.69, 9.17) is 0 Å². The second-order valence-corrected chi connectivity index (χ2v) is 8.29. The highest BCUT2D eigenvalue weighted by Gasteiger charge is 2.44. The summed E-state index contributed by atoms with van der Waals surface area (Å²) in [4.78, 5) is 66.5. The first kappa shape index (κ1) is 21.9. The van der Waals surface area contributed by atoms with Gasteiger partial charge in [0.15, 0.2) is 0 Å². The van der Waals surface area contributed by atoms with E-state index in [1.807, 2.05) is 13.0 Å². The average molecular weight is 441 g/mol. The molecular weight excluding hydrogens is 414 g/mol. The summed E-state index contributed by atoms with van der Waals surface area (Å²) in [6, 6.07) is 4.17. The molecule has 10 heteroatoms. The van der Waals surface area contributed by atoms with Crippen molar-refractivity contribution in [3.05, 3.63) is 29.3 Å². The van der Waals surface area contributed by atoms with Crippen LogP contribution in [0.1, 0.15) is 46.9 Å². The van der Waals surface area contributed by atoms with Crippen molar-refractivity contribution in [3.8, 4) is 0 Å². The van der Waals surface area contributed by atoms with Crippen LogP contribution in [0.5, 0.6) is 0 Å². The fraction of sp³-hybridized carbons (Fsp3) is 0.500. The summed E-state index contributed by atoms with van der Waals surface area (Å²) in [6.45, 7) is 5.87. The summed E-state index contributed by atoms with van der Waals surface area (Å²) in [5.41, 5.74) is 1.37. The first-order valence-electron chi connectivity index (χ1n) is 11.0. The Kier molecular flexibility index (Phi) is 6.22. The molecule has 170 valence electrons. The molecule has 32 heavy (non-hydrogen) atoms. The number of nitrogens with one attached hydrogen (secondary N) is 2. The SMILES string of the molecule is CCCNC(=O)CN1CCN(c2ccc3c(c2)C(=O)N(C2CCC(=O)NC2=O)C3=O)CC1. The van der Waals surface area contributed by atoms with Crippen LogP contribution in [0.15, 0.2) is 18.2 Å². The zero-order valence-corrected chi connectivity index (χ0v) is 18.1. The van der Waals surface area contributed by atoms with Crippen LogP contribution in [-0.2, 0) is 14.4 Å². The number of carbonyl (C=O) groups excluding carboxylic acids is 5. The smallest absolute Gasteiger partial charge is 0.262 e. The fourth-order valence-electron chi connectivity index (χ4n) is 4.34. The van der Waals surface area contributed by atoms with Crippen LogP contribution in [0, 0.1) is 0 Å². The van der Waals surface area contributed by atoms with E-state index in [1.54, 1.807) is 12.1 Å². The monoisotopic (exact) mass is 441 g/mol. The minimum absolute atomic E-state index is 0.0236. The van der Waals surface area contributed by atoms with E-state index < -0.39 is 29.7 Å². The standard InChI is InChI=1S/C22H27N5O5/c1-2-7-23-19(29)13-25-8-10-26(11-9-25)14-3-4-15-16(12-14)22(32)27(21(15)31)17-5-6-18(28)24-20(17)30/h3-4,12,17H,2,5-11,13H2,1H3,(H,23,29)(H,24,28,30). The van der Waals surface area contributed by atoms with Crippen molar-refractivity contribution < 1.29 is 24.0 Å². The second-order valence-electron chi connectivity index (χ2n) is 8.29. The summed E-state index contributed by atoms with van der Waals surface area (Å²) in [5.74, 6) is -2.00. The van der Waals surface area contributed by atoms with E-state index in [0.717, 1.165) is 17.0 Å². The number of carbonyl (C=O) groups is 5. The fourth-order valence-corrected chi connectivity index (χ4v) is 4.34. The largest absolute Gasteiger partial charge is 0.369 e. The maximum absolute atomic E-state index is 13.0. The number of nitrogens with zero attached hydrogens (tertiary/aromatic N) is 3. The highest BCUT2D eigenvalue weighted by Crippen LogP contribution is 2.31. The van der Waals surface area contributed by atoms with Gasteiger partial charge in [-0.25, -0.2) is 0 Å². The molecule has 2 fully saturated rings. The van der Waals surface area contributed by atoms with Crippen LogP contribution < -0.4 is 15.5 Å². The second kappa shape index (κ2) is 9.07. The Balaban J connectivity index is 1.42. The number of anilines is 1. The molecule has 2 saturated heterocycles. The van der Waals surface area contributed by atoms with Crippen LogP contribution >= 0.6 is 0 Å². The Morgan fingerprint density at radius 3 is 2.47 bits per heavy atom. The lowest BCUT2D eigenvalue weighted by Gasteiger charge is -2.35. The van der Waals surface area contributed by atoms with E-state index in [2.05, 4.69) is 20.4 Å². The molecule has 1 aromatic rings. The molecule has 0 aromatic heterocycles. The predicted octanol–water partition coefficient (Wildman–Crippen LogP) is -0.264. The average Bonchev–Trinajstić information content (AvgIpc) is 3.03. The maximum Gasteiger partial charge on any atom is 0.262 e. The molecule has 0 radical (unpaired) electrons. The molecule has 5 amide bonds. The van der Waals surface area contributed by atoms with Crippen LogP contribution in [0.3, 0.4) is 0 Å². The summed E-state index contributed by atoms with van der Waals surface area (Å²) < 4.78 is 0. The summed E-state index contributed by atoms with van der Waals surface area (Å²) in [5, 5.41) is 5.08. The molecule has 1 aromatic carbocycles. The summed E-state index contributed by atoms with van der Waals surface area (Å²) in [7, 11) is 0. The number of benzene rings is 1. The van der Waals surface area contributed by atoms with Crippen LogP contribution in [-0.4, -0.2) is 84.6 Å². The molecule has 3 aliphatic heterocycles. The van der Waals surface area contributed by atoms with E-state index >= 15 is 0 Å². The zero-order chi connectivity index (χ0) is 22.8. The number of imide groups is 2. The number of amides is 5. The summed E-state index contributed by atoms with van der Waals surface area (Å²) in [6.07, 6.45) is 1.13. The Morgan fingerprint density at radius 1 is 1.06 bits per heavy atom. The van der Waals surface area contributed by atoms with Gasteiger partial charge >= 0.3 is 0 Å². The lowest BCUT2D eigenvalue weighted by Crippen LogP contribution is -2.54. The molecule has 1 atom stereocenters. The maximum atomic E-state index is 13.0. The van der Waals surface area contributed by atoms with Gasteiger partial charge in [-0.3, -0.25) is 39.1 Å². The van der Waals surface area contributed by atoms with Gasteiger partial charge in [-0.1, -0.05) is 6.92 Å². The normalized spacial score (nSPS) is 21.6. The van der Waals surface area contributed by atoms with Crippen molar-refractivity contribution in [2.75, 3.05) is 44.2 Å². The molecule has 4 rings (SSSR count). The van der Waals surface area contributed by atoms with Gasteiger partial charge in [0.25, 0.3) is 11.8 Å². The first-order valence-corrected chi connectivity index (χ1v) is 11.0. The number of piperidine rings is 1.